The van der Waals surface area contributed by atoms with Gasteiger partial charge >= 0.3 is 6.61 Å². The molecule has 1 aromatic carbocycles. The van der Waals surface area contributed by atoms with Crippen molar-refractivity contribution in [1.82, 2.24) is 10.3 Å². The molecule has 2 N–H and O–H groups in total. The Kier molecular flexibility index (Phi) is 7.17. The van der Waals surface area contributed by atoms with Crippen molar-refractivity contribution in [3.63, 3.8) is 0 Å². The molecule has 0 aliphatic carbocycles. The molecule has 3 rings (SSSR count). The highest BCUT2D eigenvalue weighted by atomic mass is 32.1. The van der Waals surface area contributed by atoms with E-state index in [0.29, 0.717) is 23.3 Å². The molecular weight excluding hydrogens is 466 g/mol. The Morgan fingerprint density at radius 1 is 1.30 bits per heavy atom. The Balaban J connectivity index is 1.81. The summed E-state index contributed by atoms with van der Waals surface area (Å²) in [4.78, 5) is 38.4. The van der Waals surface area contributed by atoms with Gasteiger partial charge < -0.3 is 19.2 Å². The van der Waals surface area contributed by atoms with E-state index in [1.807, 2.05) is 0 Å². The fourth-order valence-electron chi connectivity index (χ4n) is 2.66. The van der Waals surface area contributed by atoms with Gasteiger partial charge in [0, 0.05) is 18.4 Å². The highest BCUT2D eigenvalue weighted by Crippen LogP contribution is 2.36. The van der Waals surface area contributed by atoms with Gasteiger partial charge in [0.2, 0.25) is 5.91 Å². The van der Waals surface area contributed by atoms with Crippen LogP contribution in [0.4, 0.5) is 19.6 Å². The van der Waals surface area contributed by atoms with Crippen LogP contribution in [0.2, 0.25) is 0 Å². The topological polar surface area (TPSA) is 146 Å². The van der Waals surface area contributed by atoms with Crippen LogP contribution in [0.5, 0.6) is 11.5 Å². The number of carbonyl (C=O) groups is 2. The van der Waals surface area contributed by atoms with E-state index in [1.54, 1.807) is 17.5 Å². The molecule has 174 valence electrons. The first-order chi connectivity index (χ1) is 15.7. The number of nitrogens with one attached hydrogen (secondary N) is 2. The van der Waals surface area contributed by atoms with Gasteiger partial charge in [-0.2, -0.15) is 8.78 Å². The first-order valence-electron chi connectivity index (χ1n) is 9.09. The van der Waals surface area contributed by atoms with Crippen LogP contribution in [-0.4, -0.2) is 35.4 Å². The van der Waals surface area contributed by atoms with Crippen molar-refractivity contribution in [3.05, 3.63) is 51.1 Å². The molecule has 0 radical (unpaired) electrons. The zero-order valence-electron chi connectivity index (χ0n) is 17.1. The zero-order valence-corrected chi connectivity index (χ0v) is 17.9. The molecule has 0 saturated carbocycles. The molecule has 0 aliphatic heterocycles. The summed E-state index contributed by atoms with van der Waals surface area (Å²) in [5, 5.41) is 18.1. The summed E-state index contributed by atoms with van der Waals surface area (Å²) >= 11 is 1.03. The quantitative estimate of drug-likeness (QED) is 0.346. The lowest BCUT2D eigenvalue weighted by molar-refractivity contribution is -0.385. The molecular formula is C19H16F2N4O7S. The van der Waals surface area contributed by atoms with Crippen molar-refractivity contribution in [3.8, 4) is 23.0 Å². The Morgan fingerprint density at radius 3 is 2.70 bits per heavy atom. The van der Waals surface area contributed by atoms with Crippen LogP contribution < -0.4 is 20.1 Å². The second kappa shape index (κ2) is 10.0. The summed E-state index contributed by atoms with van der Waals surface area (Å²) in [6.07, 6.45) is 0. The van der Waals surface area contributed by atoms with Crippen molar-refractivity contribution in [1.29, 1.82) is 0 Å². The highest BCUT2D eigenvalue weighted by Gasteiger charge is 2.26. The highest BCUT2D eigenvalue weighted by molar-refractivity contribution is 7.14. The van der Waals surface area contributed by atoms with Crippen molar-refractivity contribution in [2.45, 2.75) is 20.1 Å². The van der Waals surface area contributed by atoms with Gasteiger partial charge in [0.05, 0.1) is 24.6 Å². The number of aromatic nitrogens is 1. The van der Waals surface area contributed by atoms with Crippen LogP contribution in [0.25, 0.3) is 11.5 Å². The summed E-state index contributed by atoms with van der Waals surface area (Å²) in [7, 11) is 1.14. The molecule has 0 bridgehead atoms. The number of alkyl halides is 2. The average molecular weight is 482 g/mol. The van der Waals surface area contributed by atoms with Crippen LogP contribution >= 0.6 is 11.3 Å². The molecule has 11 nitrogen and oxygen atoms in total. The van der Waals surface area contributed by atoms with E-state index in [-0.39, 0.29) is 23.3 Å². The zero-order chi connectivity index (χ0) is 24.1. The first-order valence-corrected chi connectivity index (χ1v) is 9.97. The lowest BCUT2D eigenvalue weighted by Crippen LogP contribution is -2.18. The van der Waals surface area contributed by atoms with Gasteiger partial charge in [-0.15, -0.1) is 11.3 Å². The summed E-state index contributed by atoms with van der Waals surface area (Å²) < 4.78 is 39.9. The number of ether oxygens (including phenoxy) is 2. The van der Waals surface area contributed by atoms with Crippen LogP contribution in [0.3, 0.4) is 0 Å². The summed E-state index contributed by atoms with van der Waals surface area (Å²) in [6.45, 7) is -1.68. The van der Waals surface area contributed by atoms with Gasteiger partial charge in [0.25, 0.3) is 11.6 Å². The second-order valence-corrected chi connectivity index (χ2v) is 7.18. The fraction of sp³-hybridized carbons (Fsp3) is 0.211. The smallest absolute Gasteiger partial charge is 0.387 e. The lowest BCUT2D eigenvalue weighted by Gasteiger charge is -2.11. The molecule has 0 spiro atoms. The molecule has 2 heterocycles. The number of hydrogen-bond acceptors (Lipinski definition) is 9. The van der Waals surface area contributed by atoms with Gasteiger partial charge in [0.1, 0.15) is 17.0 Å². The number of furan rings is 1. The van der Waals surface area contributed by atoms with Crippen LogP contribution in [0.1, 0.15) is 23.0 Å². The van der Waals surface area contributed by atoms with Gasteiger partial charge in [-0.1, -0.05) is 0 Å². The minimum Gasteiger partial charge on any atom is -0.493 e. The largest absolute Gasteiger partial charge is 0.493 e. The fourth-order valence-corrected chi connectivity index (χ4v) is 3.36. The summed E-state index contributed by atoms with van der Waals surface area (Å²) in [6, 6.07) is 4.91. The number of nitrogens with zero attached hydrogens (tertiary/aromatic N) is 2. The number of amides is 2. The second-order valence-electron chi connectivity index (χ2n) is 6.32. The average Bonchev–Trinajstić information content (AvgIpc) is 3.40. The van der Waals surface area contributed by atoms with E-state index in [4.69, 9.17) is 9.15 Å². The molecule has 0 fully saturated rings. The predicted molar refractivity (Wildman–Crippen MR) is 112 cm³/mol. The predicted octanol–water partition coefficient (Wildman–Crippen LogP) is 3.81. The number of halogens is 2. The molecule has 0 atom stereocenters. The summed E-state index contributed by atoms with van der Waals surface area (Å²) in [5.41, 5.74) is -0.808. The molecule has 2 amide bonds. The Morgan fingerprint density at radius 2 is 2.06 bits per heavy atom. The molecule has 14 heteroatoms. The minimum atomic E-state index is -3.24. The number of methoxy groups -OCH3 is 1. The maximum Gasteiger partial charge on any atom is 0.387 e. The monoisotopic (exact) mass is 482 g/mol. The van der Waals surface area contributed by atoms with Crippen molar-refractivity contribution < 1.29 is 37.2 Å². The molecule has 2 aromatic heterocycles. The third-order valence-corrected chi connectivity index (χ3v) is 4.85. The van der Waals surface area contributed by atoms with Gasteiger partial charge in [-0.3, -0.25) is 25.0 Å². The number of rotatable bonds is 9. The molecule has 33 heavy (non-hydrogen) atoms. The van der Waals surface area contributed by atoms with Crippen molar-refractivity contribution >= 4 is 34.0 Å². The van der Waals surface area contributed by atoms with E-state index in [2.05, 4.69) is 20.4 Å². The minimum absolute atomic E-state index is 0.107. The number of carbonyl (C=O) groups excluding carboxylic acids is 2. The Labute approximate surface area is 188 Å². The number of anilines is 1. The molecule has 0 unspecified atom stereocenters. The van der Waals surface area contributed by atoms with E-state index < -0.39 is 34.4 Å². The molecule has 0 aliphatic rings. The van der Waals surface area contributed by atoms with Gasteiger partial charge in [-0.25, -0.2) is 4.98 Å². The van der Waals surface area contributed by atoms with Crippen molar-refractivity contribution in [2.24, 2.45) is 0 Å². The van der Waals surface area contributed by atoms with E-state index in [0.717, 1.165) is 24.5 Å². The molecule has 0 saturated heterocycles. The number of thiazole rings is 1. The number of nitro benzene ring substituents is 1. The summed E-state index contributed by atoms with van der Waals surface area (Å²) in [5.74, 6) is -1.12. The lowest BCUT2D eigenvalue weighted by atomic mass is 10.1. The van der Waals surface area contributed by atoms with E-state index >= 15 is 0 Å². The Bertz CT molecular complexity index is 1190. The third kappa shape index (κ3) is 5.79. The maximum atomic E-state index is 12.7. The number of benzene rings is 1. The van der Waals surface area contributed by atoms with Crippen LogP contribution in [0.15, 0.2) is 34.1 Å². The van der Waals surface area contributed by atoms with Crippen LogP contribution in [0, 0.1) is 10.1 Å². The number of nitro groups is 1. The van der Waals surface area contributed by atoms with Crippen molar-refractivity contribution in [2.75, 3.05) is 12.4 Å². The van der Waals surface area contributed by atoms with E-state index in [9.17, 15) is 28.5 Å². The first kappa shape index (κ1) is 23.6. The van der Waals surface area contributed by atoms with Gasteiger partial charge in [-0.05, 0) is 12.1 Å². The SMILES string of the molecule is COc1cc(C(=O)Nc2nc(-c3ccc(CNC(C)=O)o3)cs2)c([N+](=O)[O-])cc1OC(F)F. The standard InChI is InChI=1S/C19H16F2N4O7S/c1-9(26)22-7-10-3-4-14(31-10)12-8-33-19(23-12)24-17(27)11-5-15(30-2)16(32-18(20)21)6-13(11)25(28)29/h3-6,8,18H,7H2,1-2H3,(H,22,26)(H,23,24,27). The molecule has 3 aromatic rings. The normalized spacial score (nSPS) is 10.7. The van der Waals surface area contributed by atoms with Gasteiger partial charge in [0.15, 0.2) is 22.4 Å². The number of hydrogen-bond donors (Lipinski definition) is 2. The van der Waals surface area contributed by atoms with E-state index in [1.165, 1.54) is 6.92 Å². The van der Waals surface area contributed by atoms with Crippen LogP contribution in [-0.2, 0) is 11.3 Å². The maximum absolute atomic E-state index is 12.7. The Hall–Kier alpha value is -4.07. The third-order valence-electron chi connectivity index (χ3n) is 4.09.